The monoisotopic (exact) mass is 374 g/mol. The number of halogens is 3. The summed E-state index contributed by atoms with van der Waals surface area (Å²) in [6.45, 7) is 0. The molecule has 1 heterocycles. The van der Waals surface area contributed by atoms with Crippen molar-refractivity contribution in [2.45, 2.75) is 30.7 Å². The van der Waals surface area contributed by atoms with Crippen LogP contribution in [-0.4, -0.2) is 20.6 Å². The molecule has 4 rings (SSSR count). The van der Waals surface area contributed by atoms with E-state index < -0.39 is 45.5 Å². The SMILES string of the molecule is O=C1[C@H]2C3CCC(C3)[C@H]2[S+]([O-])N1c1ccc([N+](=O)[O-])c(C(F)(F)F)c1. The Bertz CT molecular complexity index is 772. The lowest BCUT2D eigenvalue weighted by molar-refractivity contribution is -0.388. The van der Waals surface area contributed by atoms with Crippen molar-refractivity contribution >= 4 is 28.6 Å². The van der Waals surface area contributed by atoms with Gasteiger partial charge < -0.3 is 4.55 Å². The fourth-order valence-electron chi connectivity index (χ4n) is 4.48. The number of nitro benzene ring substituents is 1. The molecule has 0 spiro atoms. The first-order valence-corrected chi connectivity index (χ1v) is 8.97. The van der Waals surface area contributed by atoms with E-state index in [4.69, 9.17) is 0 Å². The second-order valence-corrected chi connectivity index (χ2v) is 8.15. The van der Waals surface area contributed by atoms with Gasteiger partial charge >= 0.3 is 6.18 Å². The maximum absolute atomic E-state index is 13.2. The zero-order chi connectivity index (χ0) is 18.1. The van der Waals surface area contributed by atoms with Gasteiger partial charge in [-0.1, -0.05) is 0 Å². The number of carbonyl (C=O) groups excluding carboxylic acids is 1. The summed E-state index contributed by atoms with van der Waals surface area (Å²) in [5.41, 5.74) is -2.73. The van der Waals surface area contributed by atoms with Crippen LogP contribution in [0.5, 0.6) is 0 Å². The highest BCUT2D eigenvalue weighted by molar-refractivity contribution is 7.94. The quantitative estimate of drug-likeness (QED) is 0.452. The third-order valence-electron chi connectivity index (χ3n) is 5.46. The van der Waals surface area contributed by atoms with Crippen LogP contribution in [0.1, 0.15) is 24.8 Å². The van der Waals surface area contributed by atoms with Gasteiger partial charge in [-0.05, 0) is 37.3 Å². The smallest absolute Gasteiger partial charge is 0.423 e. The van der Waals surface area contributed by atoms with Gasteiger partial charge in [-0.25, -0.2) is 0 Å². The van der Waals surface area contributed by atoms with E-state index in [1.807, 2.05) is 0 Å². The summed E-state index contributed by atoms with van der Waals surface area (Å²) < 4.78 is 53.1. The molecular weight excluding hydrogens is 361 g/mol. The summed E-state index contributed by atoms with van der Waals surface area (Å²) in [7, 11) is 0. The van der Waals surface area contributed by atoms with Crippen molar-refractivity contribution in [1.29, 1.82) is 0 Å². The van der Waals surface area contributed by atoms with Crippen LogP contribution in [0.25, 0.3) is 0 Å². The molecule has 134 valence electrons. The summed E-state index contributed by atoms with van der Waals surface area (Å²) in [6, 6.07) is 2.33. The Labute approximate surface area is 143 Å². The number of carbonyl (C=O) groups is 1. The zero-order valence-corrected chi connectivity index (χ0v) is 13.5. The number of nitro groups is 1. The first-order valence-electron chi connectivity index (χ1n) is 7.80. The minimum atomic E-state index is -4.95. The van der Waals surface area contributed by atoms with E-state index in [0.29, 0.717) is 12.1 Å². The second-order valence-electron chi connectivity index (χ2n) is 6.69. The Morgan fingerprint density at radius 1 is 1.24 bits per heavy atom. The number of benzene rings is 1. The van der Waals surface area contributed by atoms with Crippen molar-refractivity contribution in [3.05, 3.63) is 33.9 Å². The summed E-state index contributed by atoms with van der Waals surface area (Å²) >= 11 is -1.75. The molecule has 25 heavy (non-hydrogen) atoms. The molecule has 10 heteroatoms. The number of hydrogen-bond donors (Lipinski definition) is 0. The highest BCUT2D eigenvalue weighted by Gasteiger charge is 2.65. The predicted octanol–water partition coefficient (Wildman–Crippen LogP) is 3.04. The first kappa shape index (κ1) is 16.6. The molecule has 0 radical (unpaired) electrons. The van der Waals surface area contributed by atoms with Crippen molar-refractivity contribution in [3.63, 3.8) is 0 Å². The van der Waals surface area contributed by atoms with Gasteiger partial charge in [0.15, 0.2) is 5.25 Å². The van der Waals surface area contributed by atoms with Crippen molar-refractivity contribution < 1.29 is 27.4 Å². The molecule has 6 nitrogen and oxygen atoms in total. The number of hydrogen-bond acceptors (Lipinski definition) is 4. The lowest BCUT2D eigenvalue weighted by Gasteiger charge is -2.23. The Morgan fingerprint density at radius 3 is 2.52 bits per heavy atom. The van der Waals surface area contributed by atoms with E-state index in [1.54, 1.807) is 0 Å². The molecule has 5 atom stereocenters. The molecule has 1 amide bonds. The Morgan fingerprint density at radius 2 is 1.92 bits per heavy atom. The molecule has 1 aromatic carbocycles. The van der Waals surface area contributed by atoms with Crippen LogP contribution in [0.3, 0.4) is 0 Å². The molecule has 1 aliphatic heterocycles. The average Bonchev–Trinajstić information content (AvgIpc) is 3.20. The molecule has 1 saturated heterocycles. The zero-order valence-electron chi connectivity index (χ0n) is 12.7. The highest BCUT2D eigenvalue weighted by atomic mass is 32.2. The van der Waals surface area contributed by atoms with Gasteiger partial charge in [-0.15, -0.1) is 4.31 Å². The van der Waals surface area contributed by atoms with Crippen LogP contribution in [0.15, 0.2) is 18.2 Å². The van der Waals surface area contributed by atoms with Gasteiger partial charge in [0.25, 0.3) is 11.6 Å². The number of anilines is 1. The predicted molar refractivity (Wildman–Crippen MR) is 81.8 cm³/mol. The summed E-state index contributed by atoms with van der Waals surface area (Å²) in [4.78, 5) is 22.4. The lowest BCUT2D eigenvalue weighted by atomic mass is 9.88. The van der Waals surface area contributed by atoms with E-state index in [1.165, 1.54) is 0 Å². The fraction of sp³-hybridized carbons (Fsp3) is 0.533. The molecule has 3 unspecified atom stereocenters. The number of alkyl halides is 3. The largest absolute Gasteiger partial charge is 0.592 e. The average molecular weight is 374 g/mol. The van der Waals surface area contributed by atoms with Crippen molar-refractivity contribution in [1.82, 2.24) is 0 Å². The first-order chi connectivity index (χ1) is 11.7. The molecule has 2 bridgehead atoms. The van der Waals surface area contributed by atoms with Gasteiger partial charge in [-0.2, -0.15) is 13.2 Å². The van der Waals surface area contributed by atoms with Crippen molar-refractivity contribution in [3.8, 4) is 0 Å². The number of nitrogens with zero attached hydrogens (tertiary/aromatic N) is 2. The van der Waals surface area contributed by atoms with Gasteiger partial charge in [0, 0.05) is 12.0 Å². The normalized spacial score (nSPS) is 33.8. The van der Waals surface area contributed by atoms with E-state index in [0.717, 1.165) is 29.6 Å². The molecule has 2 saturated carbocycles. The molecular formula is C15H13F3N2O4S. The van der Waals surface area contributed by atoms with Crippen molar-refractivity contribution in [2.75, 3.05) is 4.31 Å². The summed E-state index contributed by atoms with van der Waals surface area (Å²) in [5, 5.41) is 10.5. The maximum atomic E-state index is 13.2. The standard InChI is InChI=1S/C15H13F3N2O4S/c16-15(17,18)10-6-9(3-4-11(10)20(22)23)19-14(21)12-7-1-2-8(5-7)13(12)25(19)24/h3-4,6-8,12-13H,1-2,5H2/t7?,8?,12-,13+,25?/m0/s1. The Hall–Kier alpha value is -1.81. The summed E-state index contributed by atoms with van der Waals surface area (Å²) in [6.07, 6.45) is -2.35. The fourth-order valence-corrected chi connectivity index (χ4v) is 6.51. The topological polar surface area (TPSA) is 86.5 Å². The van der Waals surface area contributed by atoms with Crippen LogP contribution < -0.4 is 4.31 Å². The van der Waals surface area contributed by atoms with Gasteiger partial charge in [0.2, 0.25) is 0 Å². The highest BCUT2D eigenvalue weighted by Crippen LogP contribution is 2.56. The van der Waals surface area contributed by atoms with Crippen LogP contribution in [-0.2, 0) is 22.3 Å². The molecule has 1 aromatic rings. The van der Waals surface area contributed by atoms with Gasteiger partial charge in [0.1, 0.15) is 5.56 Å². The van der Waals surface area contributed by atoms with Crippen LogP contribution in [0.2, 0.25) is 0 Å². The van der Waals surface area contributed by atoms with E-state index in [-0.39, 0.29) is 22.8 Å². The van der Waals surface area contributed by atoms with Crippen LogP contribution in [0.4, 0.5) is 24.5 Å². The van der Waals surface area contributed by atoms with Crippen LogP contribution in [0, 0.1) is 27.9 Å². The van der Waals surface area contributed by atoms with E-state index in [2.05, 4.69) is 0 Å². The van der Waals surface area contributed by atoms with E-state index in [9.17, 15) is 32.6 Å². The summed E-state index contributed by atoms with van der Waals surface area (Å²) in [5.74, 6) is -0.553. The molecule has 3 aliphatic rings. The third-order valence-corrected chi connectivity index (χ3v) is 7.35. The Kier molecular flexibility index (Phi) is 3.56. The minimum absolute atomic E-state index is 0.136. The van der Waals surface area contributed by atoms with Crippen molar-refractivity contribution in [2.24, 2.45) is 17.8 Å². The lowest BCUT2D eigenvalue weighted by Crippen LogP contribution is -2.34. The van der Waals surface area contributed by atoms with E-state index >= 15 is 0 Å². The molecule has 0 N–H and O–H groups in total. The Balaban J connectivity index is 1.75. The van der Waals surface area contributed by atoms with Gasteiger partial charge in [0.05, 0.1) is 27.9 Å². The number of fused-ring (bicyclic) bond motifs is 5. The van der Waals surface area contributed by atoms with Gasteiger partial charge in [-0.3, -0.25) is 14.9 Å². The minimum Gasteiger partial charge on any atom is -0.592 e. The van der Waals surface area contributed by atoms with Crippen LogP contribution >= 0.6 is 0 Å². The molecule has 0 aromatic heterocycles. The third kappa shape index (κ3) is 2.34. The number of rotatable bonds is 2. The second kappa shape index (κ2) is 5.34. The molecule has 2 aliphatic carbocycles. The maximum Gasteiger partial charge on any atom is 0.423 e. The molecule has 3 fully saturated rings. The number of amides is 1.